The van der Waals surface area contributed by atoms with Gasteiger partial charge in [-0.15, -0.1) is 0 Å². The number of ether oxygens (including phenoxy) is 13. The Bertz CT molecular complexity index is 3520. The summed E-state index contributed by atoms with van der Waals surface area (Å²) in [6.45, 7) is 8.26. The minimum atomic E-state index is -0.674. The van der Waals surface area contributed by atoms with Crippen LogP contribution in [0.3, 0.4) is 0 Å². The van der Waals surface area contributed by atoms with Crippen LogP contribution in [0.1, 0.15) is 27.2 Å². The number of amides is 1. The van der Waals surface area contributed by atoms with Gasteiger partial charge in [0.1, 0.15) is 64.2 Å². The standard InChI is InChI=1S/C11H17N3O2.C10H16N2O3.C10H16N2O2.C9H15N3O2.C9H14N2O3.2C9H14N2O2/c1-8(15)14-5-2-6-16-11-4-3-9(12)7-10(11)13;1-14-8-4-3-7(12-5-6-13)10(15-2)9(8)11;1-3-13-8-6-5-7(11)10(9(8)12)14-4-2;10-4-7(13)5-14-9-2-1-6(11)3-8(9)12;1-12-6-4-5(10)8(13-2)7(11)9(6)14-3;1-11-6-4-7(10)9(13-3)8(5-6)12-2;1-11-6-4-5-7(12-2)8(10)9(6)13-3/h3-4,7H,2,5-6,12-13H2,1H3,(H,14,15);3-4,12-13H,5-6,11H2,1-2H3;5-6H,3-4,11-12H2,1-2H3;1-3,7,13H,4-5,10-12H2;4H,10-11H2,1-3H3;2*4-5,11H,10H2,1-3H3. The second-order valence-corrected chi connectivity index (χ2v) is 19.9. The number of carbonyl (C=O) groups excluding carboxylic acids is 1. The lowest BCUT2D eigenvalue weighted by atomic mass is 10.2. The number of methoxy groups -OCH3 is 9. The van der Waals surface area contributed by atoms with Gasteiger partial charge in [0.05, 0.1) is 130 Å². The van der Waals surface area contributed by atoms with Crippen molar-refractivity contribution in [2.24, 2.45) is 5.73 Å². The molecule has 7 aromatic carbocycles. The predicted octanol–water partition coefficient (Wildman–Crippen LogP) is 6.18. The van der Waals surface area contributed by atoms with Gasteiger partial charge in [0.2, 0.25) is 5.91 Å². The van der Waals surface area contributed by atoms with Gasteiger partial charge in [-0.2, -0.15) is 0 Å². The second kappa shape index (κ2) is 46.6. The molecule has 0 saturated heterocycles. The molecule has 32 nitrogen and oxygen atoms in total. The molecular weight excluding hydrogens is 1280 g/mol. The molecule has 1 atom stereocenters. The van der Waals surface area contributed by atoms with E-state index >= 15 is 0 Å². The minimum absolute atomic E-state index is 0.0352. The lowest BCUT2D eigenvalue weighted by Gasteiger charge is -2.14. The molecule has 550 valence electrons. The molecule has 0 aliphatic carbocycles. The summed E-state index contributed by atoms with van der Waals surface area (Å²) in [5.41, 5.74) is 75.9. The minimum Gasteiger partial charge on any atom is -0.494 e. The van der Waals surface area contributed by atoms with E-state index in [1.165, 1.54) is 35.4 Å². The lowest BCUT2D eigenvalue weighted by molar-refractivity contribution is -0.118. The highest BCUT2D eigenvalue weighted by Gasteiger charge is 2.18. The maximum Gasteiger partial charge on any atom is 0.216 e. The van der Waals surface area contributed by atoms with Gasteiger partial charge in [-0.1, -0.05) is 0 Å². The third-order valence-corrected chi connectivity index (χ3v) is 13.0. The maximum atomic E-state index is 10.6. The summed E-state index contributed by atoms with van der Waals surface area (Å²) in [5, 5.41) is 29.5. The quantitative estimate of drug-likeness (QED) is 0.0202. The van der Waals surface area contributed by atoms with Gasteiger partial charge in [0, 0.05) is 69.8 Å². The third kappa shape index (κ3) is 28.0. The highest BCUT2D eigenvalue weighted by atomic mass is 16.5. The Morgan fingerprint density at radius 3 is 1.35 bits per heavy atom. The molecule has 0 bridgehead atoms. The number of aliphatic hydroxyl groups is 2. The van der Waals surface area contributed by atoms with Crippen LogP contribution in [0.25, 0.3) is 0 Å². The summed E-state index contributed by atoms with van der Waals surface area (Å²) >= 11 is 0. The molecule has 0 fully saturated rings. The number of nitrogens with two attached hydrogens (primary N) is 12. The van der Waals surface area contributed by atoms with Crippen molar-refractivity contribution >= 4 is 85.5 Å². The number of nitrogen functional groups attached to an aromatic ring is 11. The third-order valence-electron chi connectivity index (χ3n) is 13.0. The summed E-state index contributed by atoms with van der Waals surface area (Å²) in [6.07, 6.45) is 0.0654. The van der Waals surface area contributed by atoms with E-state index in [9.17, 15) is 4.79 Å². The predicted molar refractivity (Wildman–Crippen MR) is 399 cm³/mol. The van der Waals surface area contributed by atoms with Crippen molar-refractivity contribution in [3.63, 3.8) is 0 Å². The van der Waals surface area contributed by atoms with Gasteiger partial charge >= 0.3 is 0 Å². The highest BCUT2D eigenvalue weighted by Crippen LogP contribution is 2.44. The Balaban J connectivity index is 0.000000578. The van der Waals surface area contributed by atoms with E-state index in [-0.39, 0.29) is 25.7 Å². The molecule has 0 aliphatic heterocycles. The first-order valence-electron chi connectivity index (χ1n) is 30.5. The summed E-state index contributed by atoms with van der Waals surface area (Å²) in [6, 6.07) is 26.0. The number of rotatable bonds is 27. The summed E-state index contributed by atoms with van der Waals surface area (Å²) in [4.78, 5) is 10.6. The van der Waals surface area contributed by atoms with Gasteiger partial charge in [-0.25, -0.2) is 0 Å². The van der Waals surface area contributed by atoms with Crippen molar-refractivity contribution in [2.45, 2.75) is 33.3 Å². The van der Waals surface area contributed by atoms with Crippen molar-refractivity contribution in [1.82, 2.24) is 5.32 Å². The monoisotopic (exact) mass is 1390 g/mol. The highest BCUT2D eigenvalue weighted by molar-refractivity contribution is 5.79. The molecule has 0 saturated carbocycles. The van der Waals surface area contributed by atoms with E-state index in [1.807, 2.05) is 40.1 Å². The summed E-state index contributed by atoms with van der Waals surface area (Å²) in [7, 11) is 17.5. The fraction of sp³-hybridized carbons (Fsp3) is 0.358. The number of benzene rings is 7. The topological polar surface area (TPSA) is 538 Å². The molecule has 0 aromatic heterocycles. The molecule has 0 radical (unpaired) electrons. The van der Waals surface area contributed by atoms with Crippen molar-refractivity contribution in [3.05, 3.63) is 91.0 Å². The normalized spacial score (nSPS) is 10.1. The molecule has 0 heterocycles. The Kier molecular flexibility index (Phi) is 40.2. The van der Waals surface area contributed by atoms with Crippen LogP contribution in [0.4, 0.5) is 79.6 Å². The van der Waals surface area contributed by atoms with Crippen LogP contribution < -0.4 is 152 Å². The molecule has 99 heavy (non-hydrogen) atoms. The molecule has 0 aliphatic rings. The average molecular weight is 1390 g/mol. The van der Waals surface area contributed by atoms with Gasteiger partial charge < -0.3 is 162 Å². The van der Waals surface area contributed by atoms with Crippen molar-refractivity contribution in [2.75, 3.05) is 210 Å². The van der Waals surface area contributed by atoms with E-state index < -0.39 is 6.10 Å². The molecule has 7 rings (SSSR count). The number of nitrogens with one attached hydrogen (secondary N) is 4. The molecule has 0 spiro atoms. The van der Waals surface area contributed by atoms with Crippen LogP contribution in [0.2, 0.25) is 0 Å². The van der Waals surface area contributed by atoms with Gasteiger partial charge in [0.15, 0.2) is 46.0 Å². The second-order valence-electron chi connectivity index (χ2n) is 19.9. The van der Waals surface area contributed by atoms with Gasteiger partial charge in [-0.05, 0) is 99.1 Å². The number of carbonyl (C=O) groups is 1. The molecule has 1 amide bonds. The Labute approximate surface area is 579 Å². The lowest BCUT2D eigenvalue weighted by Crippen LogP contribution is -2.26. The summed E-state index contributed by atoms with van der Waals surface area (Å²) < 4.78 is 67.1. The van der Waals surface area contributed by atoms with Crippen molar-refractivity contribution in [3.8, 4) is 74.7 Å². The van der Waals surface area contributed by atoms with Crippen LogP contribution in [0, 0.1) is 0 Å². The molecule has 32 heteroatoms. The first kappa shape index (κ1) is 85.5. The maximum absolute atomic E-state index is 10.6. The SMILES string of the molecule is CC(=O)NCCCOc1ccc(N)cc1N.CCOc1ccc(N)c(OCC)c1N.CNc1cc(N)c(OC)c(OC)c1.CNc1ccc(OC)c(N)c1OC.COc1cc(N)c(OC)c(N)c1OC.COc1ccc(NCCO)c(OC)c1N.NCC(O)COc1ccc(N)cc1N. The molecule has 7 aromatic rings. The van der Waals surface area contributed by atoms with E-state index in [2.05, 4.69) is 21.3 Å². The first-order chi connectivity index (χ1) is 47.3. The average Bonchev–Trinajstić information content (AvgIpc) is 0.825. The zero-order valence-electron chi connectivity index (χ0n) is 59.1. The van der Waals surface area contributed by atoms with Gasteiger partial charge in [-0.3, -0.25) is 4.79 Å². The smallest absolute Gasteiger partial charge is 0.216 e. The first-order valence-corrected chi connectivity index (χ1v) is 30.5. The summed E-state index contributed by atoms with van der Waals surface area (Å²) in [5.74, 6) is 7.08. The Morgan fingerprint density at radius 1 is 0.434 bits per heavy atom. The molecule has 30 N–H and O–H groups in total. The van der Waals surface area contributed by atoms with Crippen LogP contribution >= 0.6 is 0 Å². The fourth-order valence-electron chi connectivity index (χ4n) is 8.23. The molecule has 1 unspecified atom stereocenters. The Hall–Kier alpha value is -11.5. The van der Waals surface area contributed by atoms with E-state index in [1.54, 1.807) is 114 Å². The van der Waals surface area contributed by atoms with Crippen LogP contribution in [0.5, 0.6) is 74.7 Å². The van der Waals surface area contributed by atoms with Crippen LogP contribution in [-0.4, -0.2) is 153 Å². The van der Waals surface area contributed by atoms with Crippen LogP contribution in [0.15, 0.2) is 91.0 Å². The van der Waals surface area contributed by atoms with E-state index in [0.29, 0.717) is 170 Å². The number of hydrogen-bond acceptors (Lipinski definition) is 31. The van der Waals surface area contributed by atoms with Gasteiger partial charge in [0.25, 0.3) is 0 Å². The largest absolute Gasteiger partial charge is 0.494 e. The fourth-order valence-corrected chi connectivity index (χ4v) is 8.23. The number of aliphatic hydroxyl groups excluding tert-OH is 2. The van der Waals surface area contributed by atoms with Crippen molar-refractivity contribution < 1.29 is 76.6 Å². The van der Waals surface area contributed by atoms with Crippen molar-refractivity contribution in [1.29, 1.82) is 0 Å². The number of anilines is 14. The van der Waals surface area contributed by atoms with E-state index in [0.717, 1.165) is 23.5 Å². The zero-order chi connectivity index (χ0) is 74.7. The number of hydrogen-bond donors (Lipinski definition) is 18. The van der Waals surface area contributed by atoms with E-state index in [4.69, 9.17) is 141 Å². The Morgan fingerprint density at radius 2 is 0.899 bits per heavy atom. The molecular formula is C67H106N16O16. The van der Waals surface area contributed by atoms with Crippen LogP contribution in [-0.2, 0) is 4.79 Å². The zero-order valence-corrected chi connectivity index (χ0v) is 59.1.